The second-order valence-electron chi connectivity index (χ2n) is 6.04. The maximum Gasteiger partial charge on any atom is 0.153 e. The minimum absolute atomic E-state index is 0.250. The van der Waals surface area contributed by atoms with E-state index in [0.29, 0.717) is 6.04 Å². The molecule has 0 bridgehead atoms. The Balaban J connectivity index is 1.72. The molecule has 0 spiro atoms. The summed E-state index contributed by atoms with van der Waals surface area (Å²) in [5.74, 6) is -0.250. The van der Waals surface area contributed by atoms with Crippen molar-refractivity contribution in [1.29, 1.82) is 0 Å². The van der Waals surface area contributed by atoms with E-state index in [1.807, 2.05) is 24.7 Å². The van der Waals surface area contributed by atoms with Crippen LogP contribution in [0.1, 0.15) is 18.9 Å². The Morgan fingerprint density at radius 3 is 2.62 bits per heavy atom. The molecule has 4 aromatic rings. The van der Waals surface area contributed by atoms with E-state index >= 15 is 0 Å². The van der Waals surface area contributed by atoms with Gasteiger partial charge in [-0.3, -0.25) is 0 Å². The van der Waals surface area contributed by atoms with E-state index in [1.165, 1.54) is 12.1 Å². The minimum Gasteiger partial charge on any atom is -0.326 e. The van der Waals surface area contributed by atoms with Crippen LogP contribution in [-0.4, -0.2) is 24.1 Å². The number of aromatic nitrogens is 5. The second kappa shape index (κ2) is 4.99. The smallest absolute Gasteiger partial charge is 0.153 e. The van der Waals surface area contributed by atoms with Gasteiger partial charge in [0.05, 0.1) is 17.7 Å². The summed E-state index contributed by atoms with van der Waals surface area (Å²) in [5.41, 5.74) is 4.33. The van der Waals surface area contributed by atoms with Crippen LogP contribution in [0.2, 0.25) is 0 Å². The average Bonchev–Trinajstić information content (AvgIpc) is 3.18. The van der Waals surface area contributed by atoms with Crippen LogP contribution in [0.25, 0.3) is 28.3 Å². The quantitative estimate of drug-likeness (QED) is 0.578. The van der Waals surface area contributed by atoms with Gasteiger partial charge in [-0.05, 0) is 49.2 Å². The first-order valence-corrected chi connectivity index (χ1v) is 7.93. The molecule has 1 saturated carbocycles. The third-order valence-corrected chi connectivity index (χ3v) is 4.35. The SMILES string of the molecule is Fc1ccc(-c2ncn(C3CC3)c2-c2ccc3nccn3n2)cc1. The highest BCUT2D eigenvalue weighted by Gasteiger charge is 2.28. The Morgan fingerprint density at radius 2 is 1.83 bits per heavy atom. The molecule has 1 fully saturated rings. The summed E-state index contributed by atoms with van der Waals surface area (Å²) in [7, 11) is 0. The fraction of sp³-hybridized carbons (Fsp3) is 0.167. The lowest BCUT2D eigenvalue weighted by molar-refractivity contribution is 0.628. The van der Waals surface area contributed by atoms with Crippen LogP contribution in [0, 0.1) is 5.82 Å². The van der Waals surface area contributed by atoms with Crippen LogP contribution >= 0.6 is 0 Å². The average molecular weight is 319 g/mol. The lowest BCUT2D eigenvalue weighted by Gasteiger charge is -2.09. The predicted octanol–water partition coefficient (Wildman–Crippen LogP) is 3.73. The predicted molar refractivity (Wildman–Crippen MR) is 87.9 cm³/mol. The lowest BCUT2D eigenvalue weighted by atomic mass is 10.1. The van der Waals surface area contributed by atoms with E-state index in [-0.39, 0.29) is 5.82 Å². The van der Waals surface area contributed by atoms with Crippen LogP contribution in [-0.2, 0) is 0 Å². The van der Waals surface area contributed by atoms with Crippen molar-refractivity contribution in [1.82, 2.24) is 24.1 Å². The Hall–Kier alpha value is -3.02. The van der Waals surface area contributed by atoms with E-state index in [9.17, 15) is 4.39 Å². The van der Waals surface area contributed by atoms with Crippen molar-refractivity contribution >= 4 is 5.65 Å². The van der Waals surface area contributed by atoms with Crippen molar-refractivity contribution in [2.75, 3.05) is 0 Å². The van der Waals surface area contributed by atoms with E-state index < -0.39 is 0 Å². The summed E-state index contributed by atoms with van der Waals surface area (Å²) < 4.78 is 17.2. The molecule has 0 radical (unpaired) electrons. The molecule has 3 heterocycles. The van der Waals surface area contributed by atoms with Crippen LogP contribution in [0.4, 0.5) is 4.39 Å². The van der Waals surface area contributed by atoms with Crippen molar-refractivity contribution in [2.45, 2.75) is 18.9 Å². The maximum absolute atomic E-state index is 13.3. The van der Waals surface area contributed by atoms with Gasteiger partial charge in [0.2, 0.25) is 0 Å². The highest BCUT2D eigenvalue weighted by atomic mass is 19.1. The zero-order chi connectivity index (χ0) is 16.1. The summed E-state index contributed by atoms with van der Waals surface area (Å²) in [6.07, 6.45) is 7.73. The fourth-order valence-corrected chi connectivity index (χ4v) is 3.00. The van der Waals surface area contributed by atoms with Crippen LogP contribution < -0.4 is 0 Å². The molecule has 5 rings (SSSR count). The highest BCUT2D eigenvalue weighted by Crippen LogP contribution is 2.41. The summed E-state index contributed by atoms with van der Waals surface area (Å²) in [6, 6.07) is 10.8. The monoisotopic (exact) mass is 319 g/mol. The molecule has 1 aromatic carbocycles. The number of nitrogens with zero attached hydrogens (tertiary/aromatic N) is 5. The molecule has 0 unspecified atom stereocenters. The standard InChI is InChI=1S/C18H14FN5/c19-13-3-1-12(2-4-13)17-18(23(11-21-17)14-5-6-14)15-7-8-16-20-9-10-24(16)22-15/h1-4,7-11,14H,5-6H2. The molecule has 0 amide bonds. The number of fused-ring (bicyclic) bond motifs is 1. The van der Waals surface area contributed by atoms with E-state index in [1.54, 1.807) is 22.8 Å². The number of rotatable bonds is 3. The van der Waals surface area contributed by atoms with Crippen LogP contribution in [0.3, 0.4) is 0 Å². The Kier molecular flexibility index (Phi) is 2.79. The normalized spacial score (nSPS) is 14.4. The number of hydrogen-bond acceptors (Lipinski definition) is 3. The third kappa shape index (κ3) is 2.11. The van der Waals surface area contributed by atoms with Gasteiger partial charge in [-0.15, -0.1) is 0 Å². The van der Waals surface area contributed by atoms with Crippen molar-refractivity contribution < 1.29 is 4.39 Å². The molecule has 24 heavy (non-hydrogen) atoms. The Labute approximate surface area is 137 Å². The second-order valence-corrected chi connectivity index (χ2v) is 6.04. The molecule has 118 valence electrons. The zero-order valence-electron chi connectivity index (χ0n) is 12.8. The molecular weight excluding hydrogens is 305 g/mol. The van der Waals surface area contributed by atoms with Gasteiger partial charge in [0, 0.05) is 24.0 Å². The van der Waals surface area contributed by atoms with Crippen LogP contribution in [0.15, 0.2) is 55.1 Å². The van der Waals surface area contributed by atoms with E-state index in [2.05, 4.69) is 19.6 Å². The number of benzene rings is 1. The highest BCUT2D eigenvalue weighted by molar-refractivity contribution is 5.77. The minimum atomic E-state index is -0.250. The molecule has 0 N–H and O–H groups in total. The summed E-state index contributed by atoms with van der Waals surface area (Å²) in [6.45, 7) is 0. The molecule has 0 aliphatic heterocycles. The topological polar surface area (TPSA) is 48.0 Å². The van der Waals surface area contributed by atoms with Crippen molar-refractivity contribution in [3.05, 3.63) is 60.9 Å². The fourth-order valence-electron chi connectivity index (χ4n) is 3.00. The largest absolute Gasteiger partial charge is 0.326 e. The van der Waals surface area contributed by atoms with Gasteiger partial charge >= 0.3 is 0 Å². The molecule has 3 aromatic heterocycles. The van der Waals surface area contributed by atoms with Crippen LogP contribution in [0.5, 0.6) is 0 Å². The molecule has 1 aliphatic carbocycles. The van der Waals surface area contributed by atoms with Gasteiger partial charge in [0.15, 0.2) is 5.65 Å². The zero-order valence-corrected chi connectivity index (χ0v) is 12.8. The molecule has 6 heteroatoms. The van der Waals surface area contributed by atoms with Gasteiger partial charge in [-0.2, -0.15) is 5.10 Å². The Morgan fingerprint density at radius 1 is 1.00 bits per heavy atom. The van der Waals surface area contributed by atoms with E-state index in [4.69, 9.17) is 0 Å². The van der Waals surface area contributed by atoms with Crippen molar-refractivity contribution in [2.24, 2.45) is 0 Å². The summed E-state index contributed by atoms with van der Waals surface area (Å²) >= 11 is 0. The van der Waals surface area contributed by atoms with Gasteiger partial charge in [-0.25, -0.2) is 18.9 Å². The van der Waals surface area contributed by atoms with Crippen molar-refractivity contribution in [3.63, 3.8) is 0 Å². The van der Waals surface area contributed by atoms with Crippen molar-refractivity contribution in [3.8, 4) is 22.6 Å². The Bertz CT molecular complexity index is 1030. The summed E-state index contributed by atoms with van der Waals surface area (Å²) in [4.78, 5) is 8.83. The van der Waals surface area contributed by atoms with Gasteiger partial charge in [-0.1, -0.05) is 0 Å². The first-order chi connectivity index (χ1) is 11.8. The maximum atomic E-state index is 13.3. The lowest BCUT2D eigenvalue weighted by Crippen LogP contribution is -2.00. The molecule has 1 aliphatic rings. The third-order valence-electron chi connectivity index (χ3n) is 4.35. The number of halogens is 1. The number of imidazole rings is 2. The van der Waals surface area contributed by atoms with Gasteiger partial charge < -0.3 is 4.57 Å². The first-order valence-electron chi connectivity index (χ1n) is 7.93. The molecule has 5 nitrogen and oxygen atoms in total. The summed E-state index contributed by atoms with van der Waals surface area (Å²) in [5, 5.41) is 4.67. The first kappa shape index (κ1) is 13.4. The van der Waals surface area contributed by atoms with E-state index in [0.717, 1.165) is 41.1 Å². The van der Waals surface area contributed by atoms with Gasteiger partial charge in [0.25, 0.3) is 0 Å². The molecular formula is C18H14FN5. The van der Waals surface area contributed by atoms with Gasteiger partial charge in [0.1, 0.15) is 11.5 Å². The molecule has 0 atom stereocenters. The molecule has 0 saturated heterocycles. The number of hydrogen-bond donors (Lipinski definition) is 0.